The molecule has 0 saturated heterocycles. The fourth-order valence-electron chi connectivity index (χ4n) is 3.46. The molecule has 0 spiro atoms. The van der Waals surface area contributed by atoms with E-state index < -0.39 is 0 Å². The molecule has 26 heavy (non-hydrogen) atoms. The molecule has 4 aromatic rings. The summed E-state index contributed by atoms with van der Waals surface area (Å²) < 4.78 is 9.01. The Morgan fingerprint density at radius 1 is 1.35 bits per heavy atom. The van der Waals surface area contributed by atoms with E-state index in [4.69, 9.17) is 9.72 Å². The Hall–Kier alpha value is -2.58. The molecular weight excluding hydrogens is 350 g/mol. The molecule has 0 N–H and O–H groups in total. The summed E-state index contributed by atoms with van der Waals surface area (Å²) in [6.07, 6.45) is 4.19. The van der Waals surface area contributed by atoms with E-state index in [-0.39, 0.29) is 11.3 Å². The van der Waals surface area contributed by atoms with Gasteiger partial charge in [0.25, 0.3) is 0 Å². The van der Waals surface area contributed by atoms with Crippen LogP contribution >= 0.6 is 11.3 Å². The van der Waals surface area contributed by atoms with Crippen molar-refractivity contribution in [3.05, 3.63) is 45.5 Å². The number of fused-ring (bicyclic) bond motifs is 5. The van der Waals surface area contributed by atoms with Crippen LogP contribution in [0.2, 0.25) is 0 Å². The molecular formula is C18H17N5O2S. The molecule has 7 nitrogen and oxygen atoms in total. The third-order valence-electron chi connectivity index (χ3n) is 4.79. The molecule has 5 rings (SSSR count). The van der Waals surface area contributed by atoms with E-state index in [1.807, 2.05) is 12.1 Å². The van der Waals surface area contributed by atoms with Crippen LogP contribution in [0.5, 0.6) is 0 Å². The third kappa shape index (κ3) is 2.15. The SMILES string of the molecule is Cn1c(=O)n2nc(-c3cccnc3)nc2c2c3c(sc21)COC(C)(C)C3. The highest BCUT2D eigenvalue weighted by Gasteiger charge is 2.31. The highest BCUT2D eigenvalue weighted by Crippen LogP contribution is 2.39. The number of rotatable bonds is 1. The first kappa shape index (κ1) is 15.7. The summed E-state index contributed by atoms with van der Waals surface area (Å²) >= 11 is 1.61. The maximum atomic E-state index is 12.8. The summed E-state index contributed by atoms with van der Waals surface area (Å²) in [6.45, 7) is 4.73. The number of nitrogens with zero attached hydrogens (tertiary/aromatic N) is 5. The summed E-state index contributed by atoms with van der Waals surface area (Å²) in [5, 5.41) is 5.47. The predicted octanol–water partition coefficient (Wildman–Crippen LogP) is 2.56. The fourth-order valence-corrected chi connectivity index (χ4v) is 4.64. The number of thiophene rings is 1. The second-order valence-corrected chi connectivity index (χ2v) is 8.25. The average molecular weight is 367 g/mol. The van der Waals surface area contributed by atoms with Gasteiger partial charge in [-0.25, -0.2) is 9.78 Å². The Morgan fingerprint density at radius 2 is 2.19 bits per heavy atom. The molecule has 132 valence electrons. The maximum absolute atomic E-state index is 12.8. The standard InChI is InChI=1S/C18H17N5O2S/c1-18(2)7-11-12(9-25-18)26-16-13(11)15-20-14(10-5-4-6-19-8-10)21-23(15)17(24)22(16)3/h4-6,8H,7,9H2,1-3H3. The molecule has 0 bridgehead atoms. The summed E-state index contributed by atoms with van der Waals surface area (Å²) in [6, 6.07) is 3.73. The molecule has 1 aliphatic rings. The smallest absolute Gasteiger partial charge is 0.351 e. The first-order valence-corrected chi connectivity index (χ1v) is 9.21. The Morgan fingerprint density at radius 3 is 2.96 bits per heavy atom. The van der Waals surface area contributed by atoms with Gasteiger partial charge in [0.2, 0.25) is 0 Å². The van der Waals surface area contributed by atoms with Gasteiger partial charge in [0.1, 0.15) is 4.83 Å². The molecule has 5 heterocycles. The van der Waals surface area contributed by atoms with Gasteiger partial charge in [-0.1, -0.05) is 0 Å². The van der Waals surface area contributed by atoms with Crippen LogP contribution in [0.15, 0.2) is 29.3 Å². The highest BCUT2D eigenvalue weighted by atomic mass is 32.1. The summed E-state index contributed by atoms with van der Waals surface area (Å²) in [5.41, 5.74) is 2.18. The normalized spacial score (nSPS) is 16.3. The van der Waals surface area contributed by atoms with Gasteiger partial charge in [-0.05, 0) is 31.5 Å². The molecule has 1 aliphatic heterocycles. The monoisotopic (exact) mass is 367 g/mol. The van der Waals surface area contributed by atoms with Crippen LogP contribution < -0.4 is 5.69 Å². The largest absolute Gasteiger partial charge is 0.370 e. The number of aryl methyl sites for hydroxylation is 1. The van der Waals surface area contributed by atoms with Crippen molar-refractivity contribution in [2.24, 2.45) is 7.05 Å². The van der Waals surface area contributed by atoms with Gasteiger partial charge in [-0.15, -0.1) is 16.4 Å². The van der Waals surface area contributed by atoms with Gasteiger partial charge in [-0.2, -0.15) is 4.52 Å². The molecule has 0 aliphatic carbocycles. The first-order chi connectivity index (χ1) is 12.4. The Bertz CT molecular complexity index is 1220. The van der Waals surface area contributed by atoms with Crippen molar-refractivity contribution >= 4 is 27.2 Å². The fraction of sp³-hybridized carbons (Fsp3) is 0.333. The van der Waals surface area contributed by atoms with E-state index in [0.717, 1.165) is 27.1 Å². The zero-order valence-electron chi connectivity index (χ0n) is 14.7. The van der Waals surface area contributed by atoms with Gasteiger partial charge in [0.15, 0.2) is 11.5 Å². The molecule has 0 saturated carbocycles. The van der Waals surface area contributed by atoms with Gasteiger partial charge >= 0.3 is 5.69 Å². The van der Waals surface area contributed by atoms with Crippen molar-refractivity contribution < 1.29 is 4.74 Å². The molecule has 0 radical (unpaired) electrons. The van der Waals surface area contributed by atoms with Crippen LogP contribution in [-0.2, 0) is 24.8 Å². The molecule has 0 amide bonds. The predicted molar refractivity (Wildman–Crippen MR) is 99.4 cm³/mol. The lowest BCUT2D eigenvalue weighted by Gasteiger charge is -2.30. The number of aromatic nitrogens is 5. The number of hydrogen-bond donors (Lipinski definition) is 0. The van der Waals surface area contributed by atoms with Crippen LogP contribution in [0.3, 0.4) is 0 Å². The van der Waals surface area contributed by atoms with Crippen LogP contribution in [0.25, 0.3) is 27.3 Å². The van der Waals surface area contributed by atoms with Gasteiger partial charge < -0.3 is 4.74 Å². The zero-order chi connectivity index (χ0) is 18.1. The minimum atomic E-state index is -0.237. The number of hydrogen-bond acceptors (Lipinski definition) is 6. The van der Waals surface area contributed by atoms with Crippen LogP contribution in [0.4, 0.5) is 0 Å². The second-order valence-electron chi connectivity index (χ2n) is 7.16. The highest BCUT2D eigenvalue weighted by molar-refractivity contribution is 7.19. The van der Waals surface area contributed by atoms with Crippen molar-refractivity contribution in [2.45, 2.75) is 32.5 Å². The minimum Gasteiger partial charge on any atom is -0.370 e. The van der Waals surface area contributed by atoms with E-state index in [9.17, 15) is 4.79 Å². The van der Waals surface area contributed by atoms with Crippen molar-refractivity contribution in [1.82, 2.24) is 24.1 Å². The van der Waals surface area contributed by atoms with Crippen molar-refractivity contribution in [3.8, 4) is 11.4 Å². The maximum Gasteiger partial charge on any atom is 0.351 e. The van der Waals surface area contributed by atoms with E-state index in [1.165, 1.54) is 10.1 Å². The number of pyridine rings is 1. The van der Waals surface area contributed by atoms with Crippen molar-refractivity contribution in [2.75, 3.05) is 0 Å². The Balaban J connectivity index is 1.88. The van der Waals surface area contributed by atoms with Crippen molar-refractivity contribution in [3.63, 3.8) is 0 Å². The van der Waals surface area contributed by atoms with E-state index in [2.05, 4.69) is 23.9 Å². The lowest BCUT2D eigenvalue weighted by molar-refractivity contribution is -0.0379. The van der Waals surface area contributed by atoms with Gasteiger partial charge in [0, 0.05) is 36.3 Å². The lowest BCUT2D eigenvalue weighted by Crippen LogP contribution is -2.31. The molecule has 0 fully saturated rings. The number of ether oxygens (including phenoxy) is 1. The lowest BCUT2D eigenvalue weighted by atomic mass is 9.94. The van der Waals surface area contributed by atoms with Crippen LogP contribution in [0, 0.1) is 0 Å². The molecule has 8 heteroatoms. The third-order valence-corrected chi connectivity index (χ3v) is 6.07. The molecule has 4 aromatic heterocycles. The molecule has 0 aromatic carbocycles. The average Bonchev–Trinajstić information content (AvgIpc) is 3.21. The van der Waals surface area contributed by atoms with Crippen LogP contribution in [0.1, 0.15) is 24.3 Å². The van der Waals surface area contributed by atoms with Gasteiger partial charge in [0.05, 0.1) is 17.6 Å². The van der Waals surface area contributed by atoms with E-state index in [0.29, 0.717) is 18.1 Å². The minimum absolute atomic E-state index is 0.200. The summed E-state index contributed by atoms with van der Waals surface area (Å²) in [7, 11) is 1.78. The second kappa shape index (κ2) is 5.21. The molecule has 0 atom stereocenters. The van der Waals surface area contributed by atoms with E-state index >= 15 is 0 Å². The summed E-state index contributed by atoms with van der Waals surface area (Å²) in [4.78, 5) is 23.7. The van der Waals surface area contributed by atoms with Crippen molar-refractivity contribution in [1.29, 1.82) is 0 Å². The summed E-state index contributed by atoms with van der Waals surface area (Å²) in [5.74, 6) is 0.508. The van der Waals surface area contributed by atoms with E-state index in [1.54, 1.807) is 35.3 Å². The Kier molecular flexibility index (Phi) is 3.14. The quantitative estimate of drug-likeness (QED) is 0.517. The zero-order valence-corrected chi connectivity index (χ0v) is 15.5. The first-order valence-electron chi connectivity index (χ1n) is 8.39. The van der Waals surface area contributed by atoms with Crippen LogP contribution in [-0.4, -0.2) is 29.8 Å². The molecule has 0 unspecified atom stereocenters. The van der Waals surface area contributed by atoms with Gasteiger partial charge in [-0.3, -0.25) is 9.55 Å². The Labute approximate surface area is 152 Å². The topological polar surface area (TPSA) is 74.3 Å².